The first-order valence-corrected chi connectivity index (χ1v) is 4.50. The molecule has 0 bridgehead atoms. The highest BCUT2D eigenvalue weighted by Gasteiger charge is 2.39. The topological polar surface area (TPSA) is 46.2 Å². The molecule has 0 aliphatic heterocycles. The molecule has 15 heavy (non-hydrogen) atoms. The first-order chi connectivity index (χ1) is 6.86. The van der Waals surface area contributed by atoms with Crippen LogP contribution in [0.4, 0.5) is 13.2 Å². The van der Waals surface area contributed by atoms with Gasteiger partial charge in [0.05, 0.1) is 0 Å². The largest absolute Gasteiger partial charge is 0.508 e. The highest BCUT2D eigenvalue weighted by atomic mass is 19.4. The smallest absolute Gasteiger partial charge is 0.407 e. The Balaban J connectivity index is 3.12. The van der Waals surface area contributed by atoms with Crippen LogP contribution >= 0.6 is 0 Å². The Bertz CT molecular complexity index is 349. The predicted molar refractivity (Wildman–Crippen MR) is 50.5 cm³/mol. The average molecular weight is 219 g/mol. The summed E-state index contributed by atoms with van der Waals surface area (Å²) >= 11 is 0. The molecule has 1 aromatic carbocycles. The van der Waals surface area contributed by atoms with Crippen LogP contribution in [0, 0.1) is 0 Å². The Morgan fingerprint density at radius 1 is 1.40 bits per heavy atom. The molecule has 5 heteroatoms. The van der Waals surface area contributed by atoms with E-state index in [9.17, 15) is 18.3 Å². The van der Waals surface area contributed by atoms with Gasteiger partial charge in [0.2, 0.25) is 0 Å². The number of halogens is 3. The van der Waals surface area contributed by atoms with E-state index in [1.165, 1.54) is 12.1 Å². The fraction of sp³-hybridized carbons (Fsp3) is 0.400. The second kappa shape index (κ2) is 4.10. The molecule has 0 radical (unpaired) electrons. The summed E-state index contributed by atoms with van der Waals surface area (Å²) < 4.78 is 36.9. The summed E-state index contributed by atoms with van der Waals surface area (Å²) in [5, 5.41) is 9.28. The van der Waals surface area contributed by atoms with Crippen LogP contribution < -0.4 is 5.73 Å². The lowest BCUT2D eigenvalue weighted by atomic mass is 10.0. The molecule has 1 rings (SSSR count). The van der Waals surface area contributed by atoms with Gasteiger partial charge in [-0.05, 0) is 18.1 Å². The molecular weight excluding hydrogens is 207 g/mol. The summed E-state index contributed by atoms with van der Waals surface area (Å²) in [6.45, 7) is 1.81. The molecule has 0 aliphatic rings. The zero-order valence-corrected chi connectivity index (χ0v) is 8.17. The van der Waals surface area contributed by atoms with Gasteiger partial charge in [0.1, 0.15) is 11.8 Å². The fourth-order valence-electron chi connectivity index (χ4n) is 1.25. The van der Waals surface area contributed by atoms with E-state index in [0.717, 1.165) is 0 Å². The first-order valence-electron chi connectivity index (χ1n) is 4.50. The Morgan fingerprint density at radius 3 is 2.47 bits per heavy atom. The van der Waals surface area contributed by atoms with Crippen molar-refractivity contribution in [1.29, 1.82) is 0 Å². The zero-order valence-electron chi connectivity index (χ0n) is 8.17. The number of hydrogen-bond acceptors (Lipinski definition) is 2. The van der Waals surface area contributed by atoms with E-state index in [2.05, 4.69) is 0 Å². The minimum Gasteiger partial charge on any atom is -0.508 e. The molecule has 0 aliphatic carbocycles. The van der Waals surface area contributed by atoms with Gasteiger partial charge in [-0.1, -0.05) is 19.1 Å². The van der Waals surface area contributed by atoms with Crippen molar-refractivity contribution in [3.8, 4) is 5.75 Å². The number of aryl methyl sites for hydroxylation is 1. The van der Waals surface area contributed by atoms with Gasteiger partial charge in [0.25, 0.3) is 0 Å². The fourth-order valence-corrected chi connectivity index (χ4v) is 1.25. The van der Waals surface area contributed by atoms with Crippen molar-refractivity contribution >= 4 is 0 Å². The van der Waals surface area contributed by atoms with Crippen molar-refractivity contribution in [2.24, 2.45) is 5.73 Å². The number of phenols is 1. The molecule has 2 nitrogen and oxygen atoms in total. The average Bonchev–Trinajstić information content (AvgIpc) is 2.16. The Hall–Kier alpha value is -1.23. The maximum Gasteiger partial charge on any atom is 0.407 e. The van der Waals surface area contributed by atoms with Crippen LogP contribution in [0.1, 0.15) is 24.1 Å². The minimum absolute atomic E-state index is 0.276. The molecular formula is C10H12F3NO. The van der Waals surface area contributed by atoms with E-state index >= 15 is 0 Å². The Labute approximate surface area is 85.5 Å². The first kappa shape index (κ1) is 11.8. The van der Waals surface area contributed by atoms with E-state index in [0.29, 0.717) is 12.0 Å². The van der Waals surface area contributed by atoms with Gasteiger partial charge >= 0.3 is 6.18 Å². The van der Waals surface area contributed by atoms with Crippen LogP contribution in [0.3, 0.4) is 0 Å². The lowest BCUT2D eigenvalue weighted by Gasteiger charge is -2.17. The van der Waals surface area contributed by atoms with Crippen molar-refractivity contribution in [3.63, 3.8) is 0 Å². The standard InChI is InChI=1S/C10H12F3NO/c1-2-6-3-4-8(15)7(5-6)9(14)10(11,12)13/h3-5,9,15H,2,14H2,1H3/t9-/m0/s1. The molecule has 0 heterocycles. The monoisotopic (exact) mass is 219 g/mol. The lowest BCUT2D eigenvalue weighted by molar-refractivity contribution is -0.149. The highest BCUT2D eigenvalue weighted by Crippen LogP contribution is 2.35. The number of hydrogen-bond donors (Lipinski definition) is 2. The molecule has 3 N–H and O–H groups in total. The second-order valence-electron chi connectivity index (χ2n) is 3.27. The Morgan fingerprint density at radius 2 is 2.00 bits per heavy atom. The van der Waals surface area contributed by atoms with E-state index in [1.54, 1.807) is 6.07 Å². The molecule has 1 aromatic rings. The third-order valence-corrected chi connectivity index (χ3v) is 2.19. The molecule has 0 saturated heterocycles. The number of nitrogens with two attached hydrogens (primary N) is 1. The van der Waals surface area contributed by atoms with Crippen LogP contribution in [0.15, 0.2) is 18.2 Å². The summed E-state index contributed by atoms with van der Waals surface area (Å²) in [4.78, 5) is 0. The van der Waals surface area contributed by atoms with Gasteiger partial charge in [-0.3, -0.25) is 0 Å². The van der Waals surface area contributed by atoms with E-state index in [1.807, 2.05) is 6.92 Å². The third-order valence-electron chi connectivity index (χ3n) is 2.19. The van der Waals surface area contributed by atoms with Crippen LogP contribution in [0.2, 0.25) is 0 Å². The lowest BCUT2D eigenvalue weighted by Crippen LogP contribution is -2.28. The molecule has 0 saturated carbocycles. The van der Waals surface area contributed by atoms with Crippen LogP contribution in [-0.2, 0) is 6.42 Å². The summed E-state index contributed by atoms with van der Waals surface area (Å²) in [5.74, 6) is -0.419. The molecule has 84 valence electrons. The van der Waals surface area contributed by atoms with Crippen LogP contribution in [-0.4, -0.2) is 11.3 Å². The van der Waals surface area contributed by atoms with E-state index in [4.69, 9.17) is 5.73 Å². The summed E-state index contributed by atoms with van der Waals surface area (Å²) in [5.41, 5.74) is 5.45. The maximum absolute atomic E-state index is 12.3. The van der Waals surface area contributed by atoms with Crippen molar-refractivity contribution in [3.05, 3.63) is 29.3 Å². The molecule has 1 atom stereocenters. The van der Waals surface area contributed by atoms with Crippen molar-refractivity contribution < 1.29 is 18.3 Å². The third kappa shape index (κ3) is 2.62. The van der Waals surface area contributed by atoms with Gasteiger partial charge in [-0.15, -0.1) is 0 Å². The minimum atomic E-state index is -4.54. The quantitative estimate of drug-likeness (QED) is 0.802. The van der Waals surface area contributed by atoms with Crippen molar-refractivity contribution in [2.45, 2.75) is 25.6 Å². The van der Waals surface area contributed by atoms with Gasteiger partial charge in [-0.25, -0.2) is 0 Å². The number of benzene rings is 1. The maximum atomic E-state index is 12.3. The molecule has 0 amide bonds. The normalized spacial score (nSPS) is 13.9. The van der Waals surface area contributed by atoms with Crippen LogP contribution in [0.5, 0.6) is 5.75 Å². The summed E-state index contributed by atoms with van der Waals surface area (Å²) in [6, 6.07) is 1.96. The van der Waals surface area contributed by atoms with Gasteiger partial charge in [0, 0.05) is 5.56 Å². The molecule has 0 aromatic heterocycles. The number of aromatic hydroxyl groups is 1. The number of phenolic OH excluding ortho intramolecular Hbond substituents is 1. The zero-order chi connectivity index (χ0) is 11.6. The molecule has 0 fully saturated rings. The van der Waals surface area contributed by atoms with Crippen LogP contribution in [0.25, 0.3) is 0 Å². The van der Waals surface area contributed by atoms with E-state index in [-0.39, 0.29) is 5.56 Å². The number of rotatable bonds is 2. The predicted octanol–water partition coefficient (Wildman–Crippen LogP) is 2.52. The molecule has 0 spiro atoms. The van der Waals surface area contributed by atoms with E-state index < -0.39 is 18.0 Å². The Kier molecular flexibility index (Phi) is 3.24. The highest BCUT2D eigenvalue weighted by molar-refractivity contribution is 5.39. The number of alkyl halides is 3. The van der Waals surface area contributed by atoms with Crippen molar-refractivity contribution in [2.75, 3.05) is 0 Å². The van der Waals surface area contributed by atoms with Crippen molar-refractivity contribution in [1.82, 2.24) is 0 Å². The molecule has 0 unspecified atom stereocenters. The SMILES string of the molecule is CCc1ccc(O)c([C@H](N)C(F)(F)F)c1. The summed E-state index contributed by atoms with van der Waals surface area (Å²) in [7, 11) is 0. The second-order valence-corrected chi connectivity index (χ2v) is 3.27. The van der Waals surface area contributed by atoms with Gasteiger partial charge < -0.3 is 10.8 Å². The van der Waals surface area contributed by atoms with Gasteiger partial charge in [0.15, 0.2) is 0 Å². The van der Waals surface area contributed by atoms with Gasteiger partial charge in [-0.2, -0.15) is 13.2 Å². The summed E-state index contributed by atoms with van der Waals surface area (Å²) in [6.07, 6.45) is -3.94.